The number of carbonyl (C=O) groups is 2. The van der Waals surface area contributed by atoms with Gasteiger partial charge in [0, 0.05) is 18.2 Å². The maximum Gasteiger partial charge on any atom is 0.416 e. The monoisotopic (exact) mass is 318 g/mol. The van der Waals surface area contributed by atoms with Crippen LogP contribution in [0.4, 0.5) is 23.7 Å². The molecule has 0 unspecified atom stereocenters. The van der Waals surface area contributed by atoms with Crippen LogP contribution >= 0.6 is 0 Å². The summed E-state index contributed by atoms with van der Waals surface area (Å²) < 4.78 is 41.7. The van der Waals surface area contributed by atoms with Gasteiger partial charge < -0.3 is 10.1 Å². The predicted octanol–water partition coefficient (Wildman–Crippen LogP) is 3.17. The van der Waals surface area contributed by atoms with Crippen molar-refractivity contribution in [2.45, 2.75) is 32.0 Å². The van der Waals surface area contributed by atoms with Crippen molar-refractivity contribution in [2.24, 2.45) is 0 Å². The molecule has 1 aromatic rings. The number of alkyl halides is 3. The molecule has 1 aromatic carbocycles. The van der Waals surface area contributed by atoms with Gasteiger partial charge in [-0.05, 0) is 30.7 Å². The van der Waals surface area contributed by atoms with Gasteiger partial charge in [-0.15, -0.1) is 0 Å². The van der Waals surface area contributed by atoms with E-state index in [-0.39, 0.29) is 12.5 Å². The Hall–Kier alpha value is -2.25. The van der Waals surface area contributed by atoms with E-state index in [1.54, 1.807) is 0 Å². The molecule has 0 aliphatic carbocycles. The number of rotatable bonds is 5. The van der Waals surface area contributed by atoms with Gasteiger partial charge in [0.2, 0.25) is 5.91 Å². The summed E-state index contributed by atoms with van der Waals surface area (Å²) in [6.07, 6.45) is -4.69. The van der Waals surface area contributed by atoms with Crippen molar-refractivity contribution in [1.82, 2.24) is 5.32 Å². The van der Waals surface area contributed by atoms with Crippen molar-refractivity contribution in [3.8, 4) is 0 Å². The normalized spacial score (nSPS) is 12.4. The van der Waals surface area contributed by atoms with Gasteiger partial charge in [-0.25, -0.2) is 4.79 Å². The minimum Gasteiger partial charge on any atom is -0.453 e. The molecule has 0 bridgehead atoms. The molecule has 0 radical (unpaired) electrons. The van der Waals surface area contributed by atoms with Gasteiger partial charge in [-0.1, -0.05) is 6.92 Å². The van der Waals surface area contributed by atoms with Crippen molar-refractivity contribution in [2.75, 3.05) is 12.4 Å². The zero-order valence-corrected chi connectivity index (χ0v) is 12.2. The van der Waals surface area contributed by atoms with Gasteiger partial charge in [0.05, 0.1) is 12.7 Å². The molecule has 0 heterocycles. The molecule has 0 aromatic heterocycles. The molecule has 22 heavy (non-hydrogen) atoms. The number of amides is 2. The quantitative estimate of drug-likeness (QED) is 0.875. The minimum absolute atomic E-state index is 0.00732. The lowest BCUT2D eigenvalue weighted by Gasteiger charge is -2.18. The highest BCUT2D eigenvalue weighted by Crippen LogP contribution is 2.30. The highest BCUT2D eigenvalue weighted by molar-refractivity contribution is 5.92. The first kappa shape index (κ1) is 17.8. The van der Waals surface area contributed by atoms with Crippen LogP contribution in [0.5, 0.6) is 0 Å². The summed E-state index contributed by atoms with van der Waals surface area (Å²) in [4.78, 5) is 22.5. The van der Waals surface area contributed by atoms with E-state index >= 15 is 0 Å². The van der Waals surface area contributed by atoms with Gasteiger partial charge in [-0.2, -0.15) is 13.2 Å². The number of anilines is 1. The average molecular weight is 318 g/mol. The lowest BCUT2D eigenvalue weighted by molar-refractivity contribution is -0.137. The molecule has 1 rings (SSSR count). The first-order valence-corrected chi connectivity index (χ1v) is 6.57. The fourth-order valence-electron chi connectivity index (χ4n) is 1.73. The lowest BCUT2D eigenvalue weighted by atomic mass is 10.1. The van der Waals surface area contributed by atoms with Crippen molar-refractivity contribution in [3.63, 3.8) is 0 Å². The molecule has 0 fully saturated rings. The van der Waals surface area contributed by atoms with E-state index in [0.29, 0.717) is 12.1 Å². The lowest BCUT2D eigenvalue weighted by Crippen LogP contribution is -2.34. The Kier molecular flexibility index (Phi) is 6.21. The predicted molar refractivity (Wildman–Crippen MR) is 74.3 cm³/mol. The zero-order valence-electron chi connectivity index (χ0n) is 12.2. The largest absolute Gasteiger partial charge is 0.453 e. The number of carbonyl (C=O) groups excluding carboxylic acids is 2. The Bertz CT molecular complexity index is 515. The molecule has 0 spiro atoms. The van der Waals surface area contributed by atoms with Gasteiger partial charge >= 0.3 is 12.3 Å². The maximum atomic E-state index is 12.5. The summed E-state index contributed by atoms with van der Waals surface area (Å²) in [6, 6.07) is 4.20. The Morgan fingerprint density at radius 3 is 2.27 bits per heavy atom. The summed E-state index contributed by atoms with van der Waals surface area (Å²) in [7, 11) is 1.14. The van der Waals surface area contributed by atoms with Crippen LogP contribution in [0.2, 0.25) is 0 Å². The number of methoxy groups -OCH3 is 1. The number of hydrogen-bond acceptors (Lipinski definition) is 4. The number of hydrogen-bond donors (Lipinski definition) is 2. The summed E-state index contributed by atoms with van der Waals surface area (Å²) in [5.74, 6) is -0.530. The SMILES string of the molecule is CC[C@H](CC(=O)NC(=O)OC)Nc1ccc(C(F)(F)F)cc1. The van der Waals surface area contributed by atoms with Crippen molar-refractivity contribution >= 4 is 17.7 Å². The Labute approximate surface area is 125 Å². The highest BCUT2D eigenvalue weighted by atomic mass is 19.4. The topological polar surface area (TPSA) is 67.4 Å². The van der Waals surface area contributed by atoms with Crippen molar-refractivity contribution < 1.29 is 27.5 Å². The van der Waals surface area contributed by atoms with Crippen LogP contribution in [0.1, 0.15) is 25.3 Å². The first-order chi connectivity index (χ1) is 10.3. The van der Waals surface area contributed by atoms with E-state index in [9.17, 15) is 22.8 Å². The van der Waals surface area contributed by atoms with Gasteiger partial charge in [0.25, 0.3) is 0 Å². The maximum absolute atomic E-state index is 12.5. The number of nitrogens with one attached hydrogen (secondary N) is 2. The van der Waals surface area contributed by atoms with Crippen LogP contribution in [0.3, 0.4) is 0 Å². The molecule has 8 heteroatoms. The van der Waals surface area contributed by atoms with Crippen LogP contribution in [-0.4, -0.2) is 25.2 Å². The Morgan fingerprint density at radius 2 is 1.82 bits per heavy atom. The third-order valence-corrected chi connectivity index (χ3v) is 2.93. The van der Waals surface area contributed by atoms with Crippen LogP contribution in [0, 0.1) is 0 Å². The van der Waals surface area contributed by atoms with E-state index in [1.807, 2.05) is 12.2 Å². The number of alkyl carbamates (subject to hydrolysis) is 1. The van der Waals surface area contributed by atoms with E-state index < -0.39 is 23.7 Å². The zero-order chi connectivity index (χ0) is 16.8. The smallest absolute Gasteiger partial charge is 0.416 e. The summed E-state index contributed by atoms with van der Waals surface area (Å²) in [5, 5.41) is 4.97. The second-order valence-corrected chi connectivity index (χ2v) is 4.57. The van der Waals surface area contributed by atoms with E-state index in [2.05, 4.69) is 10.1 Å². The number of imide groups is 1. The summed E-state index contributed by atoms with van der Waals surface area (Å²) in [5.41, 5.74) is -0.278. The number of benzene rings is 1. The second kappa shape index (κ2) is 7.67. The van der Waals surface area contributed by atoms with Gasteiger partial charge in [0.1, 0.15) is 0 Å². The van der Waals surface area contributed by atoms with Crippen LogP contribution in [0.25, 0.3) is 0 Å². The third-order valence-electron chi connectivity index (χ3n) is 2.93. The molecule has 122 valence electrons. The van der Waals surface area contributed by atoms with Crippen molar-refractivity contribution in [3.05, 3.63) is 29.8 Å². The third kappa shape index (κ3) is 5.63. The summed E-state index contributed by atoms with van der Waals surface area (Å²) >= 11 is 0. The molecular formula is C14H17F3N2O3. The Balaban J connectivity index is 2.62. The van der Waals surface area contributed by atoms with Crippen molar-refractivity contribution in [1.29, 1.82) is 0 Å². The highest BCUT2D eigenvalue weighted by Gasteiger charge is 2.30. The molecular weight excluding hydrogens is 301 g/mol. The average Bonchev–Trinajstić information content (AvgIpc) is 2.45. The fourth-order valence-corrected chi connectivity index (χ4v) is 1.73. The van der Waals surface area contributed by atoms with Crippen LogP contribution < -0.4 is 10.6 Å². The molecule has 2 N–H and O–H groups in total. The standard InChI is InChI=1S/C14H17F3N2O3/c1-3-10(8-12(20)19-13(21)22-2)18-11-6-4-9(5-7-11)14(15,16)17/h4-7,10,18H,3,8H2,1-2H3,(H,19,20,21)/t10-/m1/s1. The van der Waals surface area contributed by atoms with Gasteiger partial charge in [-0.3, -0.25) is 10.1 Å². The van der Waals surface area contributed by atoms with E-state index in [0.717, 1.165) is 19.2 Å². The second-order valence-electron chi connectivity index (χ2n) is 4.57. The molecule has 2 amide bonds. The molecule has 1 atom stereocenters. The Morgan fingerprint density at radius 1 is 1.23 bits per heavy atom. The molecule has 0 saturated carbocycles. The fraction of sp³-hybridized carbons (Fsp3) is 0.429. The molecule has 0 aliphatic heterocycles. The first-order valence-electron chi connectivity index (χ1n) is 6.57. The number of ether oxygens (including phenoxy) is 1. The van der Waals surface area contributed by atoms with E-state index in [1.165, 1.54) is 12.1 Å². The van der Waals surface area contributed by atoms with E-state index in [4.69, 9.17) is 0 Å². The molecule has 0 saturated heterocycles. The molecule has 5 nitrogen and oxygen atoms in total. The van der Waals surface area contributed by atoms with Gasteiger partial charge in [0.15, 0.2) is 0 Å². The molecule has 0 aliphatic rings. The minimum atomic E-state index is -4.39. The van der Waals surface area contributed by atoms with Crippen LogP contribution in [0.15, 0.2) is 24.3 Å². The summed E-state index contributed by atoms with van der Waals surface area (Å²) in [6.45, 7) is 1.81. The number of halogens is 3. The van der Waals surface area contributed by atoms with Crippen LogP contribution in [-0.2, 0) is 15.7 Å².